The molecule has 1 heterocycles. The lowest BCUT2D eigenvalue weighted by Crippen LogP contribution is -2.19. The van der Waals surface area contributed by atoms with E-state index >= 15 is 0 Å². The Balaban J connectivity index is 1.86. The van der Waals surface area contributed by atoms with Crippen LogP contribution in [0.25, 0.3) is 0 Å². The summed E-state index contributed by atoms with van der Waals surface area (Å²) >= 11 is 0. The number of aromatic nitrogens is 2. The lowest BCUT2D eigenvalue weighted by Gasteiger charge is -2.20. The van der Waals surface area contributed by atoms with Crippen molar-refractivity contribution in [1.29, 1.82) is 0 Å². The minimum atomic E-state index is -0.302. The van der Waals surface area contributed by atoms with E-state index in [2.05, 4.69) is 30.9 Å². The second kappa shape index (κ2) is 5.17. The van der Waals surface area contributed by atoms with Gasteiger partial charge in [-0.15, -0.1) is 0 Å². The van der Waals surface area contributed by atoms with E-state index in [1.165, 1.54) is 19.3 Å². The summed E-state index contributed by atoms with van der Waals surface area (Å²) in [7, 11) is 0. The molecule has 2 unspecified atom stereocenters. The quantitative estimate of drug-likeness (QED) is 0.869. The SMILES string of the molecule is CC1CCC(c2noc(C(C)(C)c3ccc(N)cc3)n2)C1. The van der Waals surface area contributed by atoms with Crippen LogP contribution < -0.4 is 5.73 Å². The van der Waals surface area contributed by atoms with E-state index in [0.29, 0.717) is 11.8 Å². The first-order chi connectivity index (χ1) is 9.96. The molecule has 112 valence electrons. The van der Waals surface area contributed by atoms with Crippen molar-refractivity contribution in [2.24, 2.45) is 5.92 Å². The highest BCUT2D eigenvalue weighted by molar-refractivity contribution is 5.42. The van der Waals surface area contributed by atoms with Crippen molar-refractivity contribution in [2.75, 3.05) is 5.73 Å². The van der Waals surface area contributed by atoms with Gasteiger partial charge >= 0.3 is 0 Å². The minimum absolute atomic E-state index is 0.302. The van der Waals surface area contributed by atoms with Gasteiger partial charge in [0.1, 0.15) is 0 Å². The molecule has 21 heavy (non-hydrogen) atoms. The van der Waals surface area contributed by atoms with Gasteiger partial charge in [0.05, 0.1) is 5.41 Å². The zero-order valence-corrected chi connectivity index (χ0v) is 13.0. The molecule has 0 amide bonds. The van der Waals surface area contributed by atoms with E-state index in [1.807, 2.05) is 24.3 Å². The summed E-state index contributed by atoms with van der Waals surface area (Å²) in [6.07, 6.45) is 3.60. The number of hydrogen-bond acceptors (Lipinski definition) is 4. The van der Waals surface area contributed by atoms with Gasteiger partial charge in [0, 0.05) is 11.6 Å². The highest BCUT2D eigenvalue weighted by Gasteiger charge is 2.32. The molecule has 3 rings (SSSR count). The van der Waals surface area contributed by atoms with Crippen LogP contribution in [0.15, 0.2) is 28.8 Å². The second-order valence-electron chi connectivity index (χ2n) is 6.82. The summed E-state index contributed by atoms with van der Waals surface area (Å²) < 4.78 is 5.57. The van der Waals surface area contributed by atoms with Crippen LogP contribution in [-0.2, 0) is 5.41 Å². The summed E-state index contributed by atoms with van der Waals surface area (Å²) in [5, 5.41) is 4.23. The number of nitrogens with zero attached hydrogens (tertiary/aromatic N) is 2. The zero-order chi connectivity index (χ0) is 15.0. The van der Waals surface area contributed by atoms with Crippen LogP contribution in [0.5, 0.6) is 0 Å². The van der Waals surface area contributed by atoms with Crippen molar-refractivity contribution >= 4 is 5.69 Å². The summed E-state index contributed by atoms with van der Waals surface area (Å²) in [6, 6.07) is 7.87. The van der Waals surface area contributed by atoms with Crippen LogP contribution in [0, 0.1) is 5.92 Å². The van der Waals surface area contributed by atoms with Gasteiger partial charge in [-0.25, -0.2) is 0 Å². The molecule has 0 saturated heterocycles. The van der Waals surface area contributed by atoms with Crippen LogP contribution in [0.2, 0.25) is 0 Å². The molecular weight excluding hydrogens is 262 g/mol. The van der Waals surface area contributed by atoms with Gasteiger partial charge < -0.3 is 10.3 Å². The fourth-order valence-corrected chi connectivity index (χ4v) is 3.12. The third-order valence-electron chi connectivity index (χ3n) is 4.67. The Kier molecular flexibility index (Phi) is 3.47. The topological polar surface area (TPSA) is 64.9 Å². The Hall–Kier alpha value is -1.84. The van der Waals surface area contributed by atoms with E-state index in [9.17, 15) is 0 Å². The van der Waals surface area contributed by atoms with Gasteiger partial charge in [0.2, 0.25) is 5.89 Å². The molecule has 1 aromatic carbocycles. The predicted octanol–water partition coefficient (Wildman–Crippen LogP) is 3.88. The van der Waals surface area contributed by atoms with Crippen molar-refractivity contribution in [1.82, 2.24) is 10.1 Å². The maximum absolute atomic E-state index is 5.76. The molecule has 2 N–H and O–H groups in total. The first kappa shape index (κ1) is 14.1. The van der Waals surface area contributed by atoms with E-state index in [0.717, 1.165) is 23.0 Å². The summed E-state index contributed by atoms with van der Waals surface area (Å²) in [5.74, 6) is 2.78. The normalized spacial score (nSPS) is 22.6. The van der Waals surface area contributed by atoms with Crippen molar-refractivity contribution in [3.8, 4) is 0 Å². The van der Waals surface area contributed by atoms with Gasteiger partial charge in [0.25, 0.3) is 0 Å². The molecule has 0 spiro atoms. The highest BCUT2D eigenvalue weighted by Crippen LogP contribution is 2.38. The third kappa shape index (κ3) is 2.67. The number of anilines is 1. The smallest absolute Gasteiger partial charge is 0.236 e. The van der Waals surface area contributed by atoms with Gasteiger partial charge in [-0.2, -0.15) is 4.98 Å². The molecule has 0 aliphatic heterocycles. The van der Waals surface area contributed by atoms with Crippen molar-refractivity contribution in [3.63, 3.8) is 0 Å². The molecule has 0 radical (unpaired) electrons. The van der Waals surface area contributed by atoms with Crippen LogP contribution in [0.3, 0.4) is 0 Å². The molecule has 1 fully saturated rings. The number of nitrogens with two attached hydrogens (primary N) is 1. The summed E-state index contributed by atoms with van der Waals surface area (Å²) in [5.41, 5.74) is 7.35. The second-order valence-corrected chi connectivity index (χ2v) is 6.82. The van der Waals surface area contributed by atoms with Crippen LogP contribution >= 0.6 is 0 Å². The van der Waals surface area contributed by atoms with Gasteiger partial charge in [-0.1, -0.05) is 24.2 Å². The Labute approximate surface area is 125 Å². The first-order valence-electron chi connectivity index (χ1n) is 7.67. The van der Waals surface area contributed by atoms with E-state index in [4.69, 9.17) is 10.3 Å². The third-order valence-corrected chi connectivity index (χ3v) is 4.67. The Morgan fingerprint density at radius 2 is 1.90 bits per heavy atom. The predicted molar refractivity (Wildman–Crippen MR) is 83.0 cm³/mol. The van der Waals surface area contributed by atoms with Crippen LogP contribution in [0.4, 0.5) is 5.69 Å². The molecule has 2 atom stereocenters. The average molecular weight is 285 g/mol. The lowest BCUT2D eigenvalue weighted by molar-refractivity contribution is 0.327. The maximum Gasteiger partial charge on any atom is 0.236 e. The Morgan fingerprint density at radius 3 is 2.52 bits per heavy atom. The molecule has 1 aromatic heterocycles. The monoisotopic (exact) mass is 285 g/mol. The maximum atomic E-state index is 5.76. The lowest BCUT2D eigenvalue weighted by atomic mass is 9.84. The molecule has 4 nitrogen and oxygen atoms in total. The van der Waals surface area contributed by atoms with Crippen LogP contribution in [-0.4, -0.2) is 10.1 Å². The molecule has 2 aromatic rings. The summed E-state index contributed by atoms with van der Waals surface area (Å²) in [6.45, 7) is 6.50. The molecule has 1 saturated carbocycles. The molecule has 1 aliphatic rings. The Bertz CT molecular complexity index is 615. The largest absolute Gasteiger partial charge is 0.399 e. The van der Waals surface area contributed by atoms with Gasteiger partial charge in [0.15, 0.2) is 5.82 Å². The number of nitrogen functional groups attached to an aromatic ring is 1. The van der Waals surface area contributed by atoms with Crippen molar-refractivity contribution in [3.05, 3.63) is 41.5 Å². The number of rotatable bonds is 3. The number of hydrogen-bond donors (Lipinski definition) is 1. The Morgan fingerprint density at radius 1 is 1.19 bits per heavy atom. The van der Waals surface area contributed by atoms with Crippen molar-refractivity contribution in [2.45, 2.75) is 51.4 Å². The highest BCUT2D eigenvalue weighted by atomic mass is 16.5. The molecule has 0 bridgehead atoms. The standard InChI is InChI=1S/C17H23N3O/c1-11-4-5-12(10-11)15-19-16(21-20-15)17(2,3)13-6-8-14(18)9-7-13/h6-9,11-12H,4-5,10,18H2,1-3H3. The molecular formula is C17H23N3O. The first-order valence-corrected chi connectivity index (χ1v) is 7.67. The number of benzene rings is 1. The molecule has 1 aliphatic carbocycles. The zero-order valence-electron chi connectivity index (χ0n) is 13.0. The van der Waals surface area contributed by atoms with E-state index in [-0.39, 0.29) is 5.41 Å². The molecule has 4 heteroatoms. The van der Waals surface area contributed by atoms with E-state index < -0.39 is 0 Å². The average Bonchev–Trinajstić information content (AvgIpc) is 3.08. The van der Waals surface area contributed by atoms with Crippen LogP contribution in [0.1, 0.15) is 63.2 Å². The summed E-state index contributed by atoms with van der Waals surface area (Å²) in [4.78, 5) is 4.69. The van der Waals surface area contributed by atoms with Crippen molar-refractivity contribution < 1.29 is 4.52 Å². The fourth-order valence-electron chi connectivity index (χ4n) is 3.12. The van der Waals surface area contributed by atoms with E-state index in [1.54, 1.807) is 0 Å². The van der Waals surface area contributed by atoms with Gasteiger partial charge in [-0.3, -0.25) is 0 Å². The minimum Gasteiger partial charge on any atom is -0.399 e. The fraction of sp³-hybridized carbons (Fsp3) is 0.529. The van der Waals surface area contributed by atoms with Gasteiger partial charge in [-0.05, 0) is 56.7 Å².